The van der Waals surface area contributed by atoms with E-state index in [0.29, 0.717) is 23.5 Å². The van der Waals surface area contributed by atoms with Crippen LogP contribution in [0.2, 0.25) is 0 Å². The van der Waals surface area contributed by atoms with Gasteiger partial charge in [0.15, 0.2) is 22.1 Å². The predicted molar refractivity (Wildman–Crippen MR) is 109 cm³/mol. The number of anilines is 1. The zero-order valence-electron chi connectivity index (χ0n) is 13.9. The lowest BCUT2D eigenvalue weighted by atomic mass is 10.1. The van der Waals surface area contributed by atoms with Gasteiger partial charge >= 0.3 is 0 Å². The van der Waals surface area contributed by atoms with Gasteiger partial charge in [0, 0.05) is 21.4 Å². The maximum atomic E-state index is 11.3. The van der Waals surface area contributed by atoms with Crippen molar-refractivity contribution in [2.45, 2.75) is 42.3 Å². The van der Waals surface area contributed by atoms with Crippen LogP contribution in [0.15, 0.2) is 28.5 Å². The molecule has 4 rings (SSSR count). The molecule has 1 aliphatic carbocycles. The highest BCUT2D eigenvalue weighted by Crippen LogP contribution is 2.37. The summed E-state index contributed by atoms with van der Waals surface area (Å²) in [5.74, 6) is -0.0322. The van der Waals surface area contributed by atoms with E-state index in [2.05, 4.69) is 49.7 Å². The second-order valence-corrected chi connectivity index (χ2v) is 8.37. The summed E-state index contributed by atoms with van der Waals surface area (Å²) in [6.45, 7) is 0.409. The van der Waals surface area contributed by atoms with E-state index in [1.54, 1.807) is 11.8 Å². The van der Waals surface area contributed by atoms with Crippen LogP contribution in [0.4, 0.5) is 5.82 Å². The van der Waals surface area contributed by atoms with Crippen molar-refractivity contribution in [3.8, 4) is 0 Å². The first-order valence-corrected chi connectivity index (χ1v) is 10.2. The number of halogens is 1. The molecule has 0 bridgehead atoms. The van der Waals surface area contributed by atoms with Crippen LogP contribution in [0.1, 0.15) is 24.0 Å². The standard InChI is InChI=1S/C17H17IN6OS/c18-11-6-9-2-1-3-10(9)7-12(11)26-17-23-14-15(20)21-8-22-16(14)24(17)5-4-13(19)25/h6-8H,1-5H2,(H2,19,25)(H2,20,21,22). The third-order valence-corrected chi connectivity index (χ3v) is 6.77. The number of hydrogen-bond acceptors (Lipinski definition) is 6. The summed E-state index contributed by atoms with van der Waals surface area (Å²) in [7, 11) is 0. The Labute approximate surface area is 168 Å². The molecule has 1 amide bonds. The fraction of sp³-hybridized carbons (Fsp3) is 0.294. The molecule has 1 aliphatic rings. The van der Waals surface area contributed by atoms with Crippen molar-refractivity contribution in [3.05, 3.63) is 33.2 Å². The van der Waals surface area contributed by atoms with Gasteiger partial charge in [0.25, 0.3) is 0 Å². The second kappa shape index (κ2) is 7.03. The number of rotatable bonds is 5. The van der Waals surface area contributed by atoms with E-state index < -0.39 is 0 Å². The monoisotopic (exact) mass is 480 g/mol. The number of primary amides is 1. The molecule has 0 fully saturated rings. The fourth-order valence-electron chi connectivity index (χ4n) is 3.18. The third kappa shape index (κ3) is 3.25. The molecule has 0 aliphatic heterocycles. The molecule has 3 aromatic rings. The Kier molecular flexibility index (Phi) is 4.74. The molecule has 0 spiro atoms. The van der Waals surface area contributed by atoms with Gasteiger partial charge in [-0.25, -0.2) is 15.0 Å². The van der Waals surface area contributed by atoms with E-state index in [1.807, 2.05) is 4.57 Å². The van der Waals surface area contributed by atoms with Crippen molar-refractivity contribution in [2.24, 2.45) is 5.73 Å². The molecule has 2 heterocycles. The molecule has 7 nitrogen and oxygen atoms in total. The number of carbonyl (C=O) groups excluding carboxylic acids is 1. The number of benzene rings is 1. The lowest BCUT2D eigenvalue weighted by Gasteiger charge is -2.10. The number of aromatic nitrogens is 4. The van der Waals surface area contributed by atoms with Crippen LogP contribution >= 0.6 is 34.4 Å². The number of nitrogen functional groups attached to an aromatic ring is 1. The van der Waals surface area contributed by atoms with Crippen LogP contribution in [0, 0.1) is 3.57 Å². The Hall–Kier alpha value is -1.88. The van der Waals surface area contributed by atoms with Crippen LogP contribution in [0.5, 0.6) is 0 Å². The normalized spacial score (nSPS) is 13.3. The van der Waals surface area contributed by atoms with Gasteiger partial charge in [-0.1, -0.05) is 11.8 Å². The lowest BCUT2D eigenvalue weighted by molar-refractivity contribution is -0.118. The smallest absolute Gasteiger partial charge is 0.219 e. The second-order valence-electron chi connectivity index (χ2n) is 6.20. The highest BCUT2D eigenvalue weighted by atomic mass is 127. The van der Waals surface area contributed by atoms with Gasteiger partial charge < -0.3 is 16.0 Å². The van der Waals surface area contributed by atoms with Crippen molar-refractivity contribution in [2.75, 3.05) is 5.73 Å². The number of nitrogens with two attached hydrogens (primary N) is 2. The molecule has 9 heteroatoms. The topological polar surface area (TPSA) is 113 Å². The first-order valence-electron chi connectivity index (χ1n) is 8.27. The fourth-order valence-corrected chi connectivity index (χ4v) is 5.02. The van der Waals surface area contributed by atoms with Gasteiger partial charge in [-0.2, -0.15) is 0 Å². The predicted octanol–water partition coefficient (Wildman–Crippen LogP) is 2.53. The Morgan fingerprint density at radius 2 is 2.04 bits per heavy atom. The Morgan fingerprint density at radius 1 is 1.27 bits per heavy atom. The van der Waals surface area contributed by atoms with Crippen molar-refractivity contribution in [1.29, 1.82) is 0 Å². The molecule has 4 N–H and O–H groups in total. The van der Waals surface area contributed by atoms with Crippen LogP contribution in [0.25, 0.3) is 11.2 Å². The van der Waals surface area contributed by atoms with Crippen LogP contribution in [-0.2, 0) is 24.2 Å². The van der Waals surface area contributed by atoms with E-state index in [0.717, 1.165) is 22.9 Å². The van der Waals surface area contributed by atoms with Gasteiger partial charge in [0.05, 0.1) is 0 Å². The summed E-state index contributed by atoms with van der Waals surface area (Å²) in [5, 5.41) is 0.740. The molecule has 26 heavy (non-hydrogen) atoms. The lowest BCUT2D eigenvalue weighted by Crippen LogP contribution is -2.14. The quantitative estimate of drug-likeness (QED) is 0.543. The van der Waals surface area contributed by atoms with Gasteiger partial charge in [-0.15, -0.1) is 0 Å². The number of amides is 1. The number of carbonyl (C=O) groups is 1. The Balaban J connectivity index is 1.77. The summed E-state index contributed by atoms with van der Waals surface area (Å²) in [5.41, 5.74) is 15.3. The average molecular weight is 480 g/mol. The Bertz CT molecular complexity index is 1020. The zero-order chi connectivity index (χ0) is 18.3. The Morgan fingerprint density at radius 3 is 2.81 bits per heavy atom. The third-order valence-electron chi connectivity index (χ3n) is 4.45. The summed E-state index contributed by atoms with van der Waals surface area (Å²) in [6.07, 6.45) is 5.11. The van der Waals surface area contributed by atoms with Crippen molar-refractivity contribution >= 4 is 57.2 Å². The molecule has 0 atom stereocenters. The first-order chi connectivity index (χ1) is 12.5. The van der Waals surface area contributed by atoms with Gasteiger partial charge in [-0.3, -0.25) is 4.79 Å². The van der Waals surface area contributed by atoms with Crippen LogP contribution < -0.4 is 11.5 Å². The highest BCUT2D eigenvalue weighted by Gasteiger charge is 2.19. The molecule has 0 unspecified atom stereocenters. The molecular weight excluding hydrogens is 463 g/mol. The maximum Gasteiger partial charge on any atom is 0.219 e. The van der Waals surface area contributed by atoms with Crippen molar-refractivity contribution in [3.63, 3.8) is 0 Å². The molecule has 0 radical (unpaired) electrons. The number of aryl methyl sites for hydroxylation is 3. The SMILES string of the molecule is NC(=O)CCn1c(Sc2cc3c(cc2I)CCC3)nc2c(N)ncnc21. The van der Waals surface area contributed by atoms with E-state index in [9.17, 15) is 4.79 Å². The van der Waals surface area contributed by atoms with Crippen molar-refractivity contribution in [1.82, 2.24) is 19.5 Å². The van der Waals surface area contributed by atoms with E-state index in [-0.39, 0.29) is 12.3 Å². The minimum atomic E-state index is -0.364. The van der Waals surface area contributed by atoms with E-state index in [4.69, 9.17) is 11.5 Å². The number of fused-ring (bicyclic) bond motifs is 2. The summed E-state index contributed by atoms with van der Waals surface area (Å²) >= 11 is 3.93. The van der Waals surface area contributed by atoms with Crippen molar-refractivity contribution < 1.29 is 4.79 Å². The number of imidazole rings is 1. The van der Waals surface area contributed by atoms with Gasteiger partial charge in [-0.05, 0) is 65.1 Å². The zero-order valence-corrected chi connectivity index (χ0v) is 16.9. The minimum absolute atomic E-state index is 0.213. The molecule has 1 aromatic carbocycles. The average Bonchev–Trinajstić information content (AvgIpc) is 3.18. The van der Waals surface area contributed by atoms with Crippen LogP contribution in [0.3, 0.4) is 0 Å². The maximum absolute atomic E-state index is 11.3. The van der Waals surface area contributed by atoms with Crippen LogP contribution in [-0.4, -0.2) is 25.4 Å². The summed E-state index contributed by atoms with van der Waals surface area (Å²) < 4.78 is 3.09. The number of hydrogen-bond donors (Lipinski definition) is 2. The van der Waals surface area contributed by atoms with E-state index >= 15 is 0 Å². The largest absolute Gasteiger partial charge is 0.382 e. The molecular formula is C17H17IN6OS. The number of nitrogens with zero attached hydrogens (tertiary/aromatic N) is 4. The molecule has 134 valence electrons. The highest BCUT2D eigenvalue weighted by molar-refractivity contribution is 14.1. The first kappa shape index (κ1) is 17.5. The minimum Gasteiger partial charge on any atom is -0.382 e. The molecule has 0 saturated carbocycles. The summed E-state index contributed by atoms with van der Waals surface area (Å²) in [4.78, 5) is 25.4. The van der Waals surface area contributed by atoms with Gasteiger partial charge in [0.2, 0.25) is 5.91 Å². The van der Waals surface area contributed by atoms with E-state index in [1.165, 1.54) is 27.4 Å². The molecule has 0 saturated heterocycles. The van der Waals surface area contributed by atoms with Gasteiger partial charge in [0.1, 0.15) is 6.33 Å². The summed E-state index contributed by atoms with van der Waals surface area (Å²) in [6, 6.07) is 4.51. The molecule has 2 aromatic heterocycles.